The molecule has 0 bridgehead atoms. The molecular formula is C55H104NO8P. The zero-order valence-corrected chi connectivity index (χ0v) is 43.4. The molecule has 65 heavy (non-hydrogen) atoms. The Labute approximate surface area is 401 Å². The molecule has 0 amide bonds. The van der Waals surface area contributed by atoms with Crippen LogP contribution in [0.4, 0.5) is 0 Å². The van der Waals surface area contributed by atoms with Gasteiger partial charge >= 0.3 is 19.8 Å². The highest BCUT2D eigenvalue weighted by Gasteiger charge is 2.26. The molecule has 0 aromatic rings. The van der Waals surface area contributed by atoms with E-state index in [-0.39, 0.29) is 38.6 Å². The van der Waals surface area contributed by atoms with E-state index in [0.717, 1.165) is 57.8 Å². The number of hydrogen-bond acceptors (Lipinski definition) is 8. The minimum absolute atomic E-state index is 0.0529. The summed E-state index contributed by atoms with van der Waals surface area (Å²) in [6.07, 6.45) is 60.4. The molecule has 0 radical (unpaired) electrons. The van der Waals surface area contributed by atoms with Gasteiger partial charge in [-0.05, 0) is 51.4 Å². The Bertz CT molecular complexity index is 1160. The van der Waals surface area contributed by atoms with Crippen molar-refractivity contribution in [3.8, 4) is 0 Å². The smallest absolute Gasteiger partial charge is 0.462 e. The Hall–Kier alpha value is -1.77. The van der Waals surface area contributed by atoms with Crippen molar-refractivity contribution < 1.29 is 37.6 Å². The number of rotatable bonds is 52. The van der Waals surface area contributed by atoms with Crippen molar-refractivity contribution in [2.75, 3.05) is 26.4 Å². The SMILES string of the molecule is CCCCCCC/C=C\C/C=C\C/C=C\CCCCCCCCCCC(=O)OC(COC(=O)CCCCCCCCCCCCCCCCCCCCCCC)COP(=O)(O)OCCN. The molecule has 0 heterocycles. The summed E-state index contributed by atoms with van der Waals surface area (Å²) in [5.41, 5.74) is 5.37. The van der Waals surface area contributed by atoms with E-state index in [1.165, 1.54) is 180 Å². The number of carbonyl (C=O) groups is 2. The zero-order chi connectivity index (χ0) is 47.4. The number of esters is 2. The molecule has 0 aliphatic rings. The van der Waals surface area contributed by atoms with E-state index in [0.29, 0.717) is 6.42 Å². The first-order valence-corrected chi connectivity index (χ1v) is 29.0. The lowest BCUT2D eigenvalue weighted by Crippen LogP contribution is -2.29. The van der Waals surface area contributed by atoms with Crippen LogP contribution in [0.1, 0.15) is 271 Å². The normalized spacial score (nSPS) is 13.4. The summed E-state index contributed by atoms with van der Waals surface area (Å²) >= 11 is 0. The Morgan fingerprint density at radius 1 is 0.462 bits per heavy atom. The summed E-state index contributed by atoms with van der Waals surface area (Å²) in [5, 5.41) is 0. The van der Waals surface area contributed by atoms with Crippen molar-refractivity contribution in [2.24, 2.45) is 5.73 Å². The first kappa shape index (κ1) is 63.2. The summed E-state index contributed by atoms with van der Waals surface area (Å²) in [4.78, 5) is 35.1. The molecule has 3 N–H and O–H groups in total. The van der Waals surface area contributed by atoms with Gasteiger partial charge in [0.15, 0.2) is 6.10 Å². The number of phosphoric acid groups is 1. The highest BCUT2D eigenvalue weighted by atomic mass is 31.2. The van der Waals surface area contributed by atoms with Crippen molar-refractivity contribution in [3.63, 3.8) is 0 Å². The molecule has 0 aromatic carbocycles. The van der Waals surface area contributed by atoms with Gasteiger partial charge in [0.2, 0.25) is 0 Å². The highest BCUT2D eigenvalue weighted by Crippen LogP contribution is 2.43. The standard InChI is InChI=1S/C55H104NO8P/c1-3-5-7-9-11-13-15-17-19-21-23-25-26-28-30-32-34-36-38-40-42-44-46-48-55(58)64-53(52-63-65(59,60)62-50-49-56)51-61-54(57)47-45-43-41-39-37-35-33-31-29-27-24-22-20-18-16-14-12-10-8-6-4-2/h15,17,21,23,26,28,53H,3-14,16,18-20,22,24-25,27,29-52,56H2,1-2H3,(H,59,60)/b17-15-,23-21-,28-26-. The van der Waals surface area contributed by atoms with Crippen LogP contribution in [-0.2, 0) is 32.7 Å². The second kappa shape index (κ2) is 51.6. The lowest BCUT2D eigenvalue weighted by Gasteiger charge is -2.19. The van der Waals surface area contributed by atoms with Gasteiger partial charge in [0.25, 0.3) is 0 Å². The number of allylic oxidation sites excluding steroid dienone is 6. The van der Waals surface area contributed by atoms with Gasteiger partial charge in [0.05, 0.1) is 13.2 Å². The fourth-order valence-electron chi connectivity index (χ4n) is 7.94. The average Bonchev–Trinajstić information content (AvgIpc) is 3.30. The third-order valence-electron chi connectivity index (χ3n) is 12.0. The van der Waals surface area contributed by atoms with Gasteiger partial charge in [-0.1, -0.05) is 243 Å². The van der Waals surface area contributed by atoms with Crippen LogP contribution in [0.25, 0.3) is 0 Å². The molecule has 0 saturated heterocycles. The van der Waals surface area contributed by atoms with Crippen LogP contribution < -0.4 is 5.73 Å². The van der Waals surface area contributed by atoms with E-state index in [2.05, 4.69) is 50.3 Å². The summed E-state index contributed by atoms with van der Waals surface area (Å²) in [5.74, 6) is -0.823. The molecule has 0 spiro atoms. The van der Waals surface area contributed by atoms with Crippen LogP contribution in [0.15, 0.2) is 36.5 Å². The Morgan fingerprint density at radius 2 is 0.800 bits per heavy atom. The number of hydrogen-bond donors (Lipinski definition) is 2. The van der Waals surface area contributed by atoms with E-state index in [9.17, 15) is 19.0 Å². The summed E-state index contributed by atoms with van der Waals surface area (Å²) < 4.78 is 33.0. The maximum absolute atomic E-state index is 12.7. The molecule has 0 saturated carbocycles. The third-order valence-corrected chi connectivity index (χ3v) is 13.0. The van der Waals surface area contributed by atoms with E-state index in [1.54, 1.807) is 0 Å². The molecule has 0 fully saturated rings. The van der Waals surface area contributed by atoms with Crippen molar-refractivity contribution >= 4 is 19.8 Å². The Kier molecular flexibility index (Phi) is 50.2. The molecule has 0 aliphatic heterocycles. The minimum atomic E-state index is -4.39. The first-order chi connectivity index (χ1) is 31.8. The lowest BCUT2D eigenvalue weighted by atomic mass is 10.0. The van der Waals surface area contributed by atoms with Gasteiger partial charge in [0.1, 0.15) is 6.61 Å². The van der Waals surface area contributed by atoms with Crippen LogP contribution in [0.5, 0.6) is 0 Å². The van der Waals surface area contributed by atoms with Gasteiger partial charge in [-0.15, -0.1) is 0 Å². The monoisotopic (exact) mass is 938 g/mol. The van der Waals surface area contributed by atoms with E-state index in [4.69, 9.17) is 24.3 Å². The number of unbranched alkanes of at least 4 members (excludes halogenated alkanes) is 33. The maximum Gasteiger partial charge on any atom is 0.472 e. The molecule has 0 aliphatic carbocycles. The van der Waals surface area contributed by atoms with Gasteiger partial charge < -0.3 is 20.1 Å². The van der Waals surface area contributed by atoms with Crippen LogP contribution in [0.3, 0.4) is 0 Å². The minimum Gasteiger partial charge on any atom is -0.462 e. The number of phosphoric ester groups is 1. The molecule has 2 atom stereocenters. The molecule has 9 nitrogen and oxygen atoms in total. The number of nitrogens with two attached hydrogens (primary N) is 1. The van der Waals surface area contributed by atoms with E-state index < -0.39 is 26.5 Å². The predicted octanol–water partition coefficient (Wildman–Crippen LogP) is 16.8. The van der Waals surface area contributed by atoms with Crippen molar-refractivity contribution in [3.05, 3.63) is 36.5 Å². The second-order valence-corrected chi connectivity index (χ2v) is 19.9. The molecule has 10 heteroatoms. The Balaban J connectivity index is 4.01. The van der Waals surface area contributed by atoms with Crippen molar-refractivity contribution in [1.29, 1.82) is 0 Å². The van der Waals surface area contributed by atoms with Crippen LogP contribution >= 0.6 is 7.82 Å². The quantitative estimate of drug-likeness (QED) is 0.0264. The Morgan fingerprint density at radius 3 is 1.18 bits per heavy atom. The first-order valence-electron chi connectivity index (χ1n) is 27.5. The number of carbonyl (C=O) groups excluding carboxylic acids is 2. The lowest BCUT2D eigenvalue weighted by molar-refractivity contribution is -0.161. The number of ether oxygens (including phenoxy) is 2. The highest BCUT2D eigenvalue weighted by molar-refractivity contribution is 7.47. The van der Waals surface area contributed by atoms with Crippen molar-refractivity contribution in [1.82, 2.24) is 0 Å². The molecular weight excluding hydrogens is 834 g/mol. The van der Waals surface area contributed by atoms with Gasteiger partial charge in [-0.2, -0.15) is 0 Å². The van der Waals surface area contributed by atoms with E-state index in [1.807, 2.05) is 0 Å². The fourth-order valence-corrected chi connectivity index (χ4v) is 8.70. The van der Waals surface area contributed by atoms with Crippen LogP contribution in [-0.4, -0.2) is 49.3 Å². The molecule has 0 rings (SSSR count). The maximum atomic E-state index is 12.7. The molecule has 2 unspecified atom stereocenters. The van der Waals surface area contributed by atoms with Crippen molar-refractivity contribution in [2.45, 2.75) is 277 Å². The third kappa shape index (κ3) is 51.5. The predicted molar refractivity (Wildman–Crippen MR) is 275 cm³/mol. The topological polar surface area (TPSA) is 134 Å². The molecule has 382 valence electrons. The summed E-state index contributed by atoms with van der Waals surface area (Å²) in [7, 11) is -4.39. The van der Waals surface area contributed by atoms with Gasteiger partial charge in [-0.3, -0.25) is 18.6 Å². The zero-order valence-electron chi connectivity index (χ0n) is 42.5. The van der Waals surface area contributed by atoms with Gasteiger partial charge in [-0.25, -0.2) is 4.57 Å². The second-order valence-electron chi connectivity index (χ2n) is 18.5. The van der Waals surface area contributed by atoms with Crippen LogP contribution in [0.2, 0.25) is 0 Å². The van der Waals surface area contributed by atoms with Gasteiger partial charge in [0, 0.05) is 19.4 Å². The molecule has 0 aromatic heterocycles. The van der Waals surface area contributed by atoms with E-state index >= 15 is 0 Å². The summed E-state index contributed by atoms with van der Waals surface area (Å²) in [6.45, 7) is 3.76. The average molecular weight is 938 g/mol. The van der Waals surface area contributed by atoms with Crippen LogP contribution in [0, 0.1) is 0 Å². The fraction of sp³-hybridized carbons (Fsp3) is 0.855. The summed E-state index contributed by atoms with van der Waals surface area (Å²) in [6, 6.07) is 0. The largest absolute Gasteiger partial charge is 0.472 e.